The number of carbonyl (C=O) groups excluding carboxylic acids is 1. The first-order valence-corrected chi connectivity index (χ1v) is 11.5. The number of carbonyl (C=O) groups is 1. The number of nitrogens with zero attached hydrogens (tertiary/aromatic N) is 4. The molecule has 0 unspecified atom stereocenters. The third-order valence-electron chi connectivity index (χ3n) is 4.47. The standard InChI is InChI=1S/C19H23N5O5S2/c1-12-14(8-9-29-12)18-21-22-19(24(18)4)30-11-17(25)20-13-6-7-15(28-5)16(10-13)31(26,27)23(2)3/h6-10H,11H2,1-5H3,(H,20,25). The van der Waals surface area contributed by atoms with Crippen molar-refractivity contribution in [3.05, 3.63) is 36.3 Å². The molecule has 1 aromatic carbocycles. The van der Waals surface area contributed by atoms with Gasteiger partial charge in [0, 0.05) is 26.8 Å². The minimum atomic E-state index is -3.74. The van der Waals surface area contributed by atoms with Gasteiger partial charge in [-0.2, -0.15) is 0 Å². The lowest BCUT2D eigenvalue weighted by atomic mass is 10.2. The molecule has 1 amide bonds. The Kier molecular flexibility index (Phi) is 6.72. The quantitative estimate of drug-likeness (QED) is 0.504. The molecule has 31 heavy (non-hydrogen) atoms. The molecule has 0 saturated carbocycles. The molecule has 0 aliphatic heterocycles. The lowest BCUT2D eigenvalue weighted by molar-refractivity contribution is -0.113. The van der Waals surface area contributed by atoms with E-state index in [-0.39, 0.29) is 22.3 Å². The molecule has 2 heterocycles. The van der Waals surface area contributed by atoms with Gasteiger partial charge >= 0.3 is 0 Å². The second-order valence-electron chi connectivity index (χ2n) is 6.75. The van der Waals surface area contributed by atoms with E-state index in [9.17, 15) is 13.2 Å². The van der Waals surface area contributed by atoms with E-state index in [1.165, 1.54) is 45.1 Å². The van der Waals surface area contributed by atoms with E-state index >= 15 is 0 Å². The molecule has 0 aliphatic carbocycles. The fraction of sp³-hybridized carbons (Fsp3) is 0.316. The van der Waals surface area contributed by atoms with Gasteiger partial charge in [0.25, 0.3) is 0 Å². The molecule has 3 aromatic rings. The molecule has 166 valence electrons. The second kappa shape index (κ2) is 9.12. The van der Waals surface area contributed by atoms with Crippen LogP contribution in [0.2, 0.25) is 0 Å². The monoisotopic (exact) mass is 465 g/mol. The Bertz CT molecular complexity index is 1200. The molecule has 0 aliphatic rings. The summed E-state index contributed by atoms with van der Waals surface area (Å²) in [6.45, 7) is 1.84. The summed E-state index contributed by atoms with van der Waals surface area (Å²) in [6, 6.07) is 6.27. The van der Waals surface area contributed by atoms with Crippen LogP contribution in [0.3, 0.4) is 0 Å². The highest BCUT2D eigenvalue weighted by molar-refractivity contribution is 7.99. The molecule has 12 heteroatoms. The number of rotatable bonds is 8. The SMILES string of the molecule is COc1ccc(NC(=O)CSc2nnc(-c3ccoc3C)n2C)cc1S(=O)(=O)N(C)C. The van der Waals surface area contributed by atoms with Gasteiger partial charge < -0.3 is 19.0 Å². The molecule has 0 spiro atoms. The molecule has 2 aromatic heterocycles. The van der Waals surface area contributed by atoms with Gasteiger partial charge in [-0.3, -0.25) is 4.79 Å². The number of aromatic nitrogens is 3. The lowest BCUT2D eigenvalue weighted by Gasteiger charge is -2.16. The number of nitrogens with one attached hydrogen (secondary N) is 1. The minimum absolute atomic E-state index is 0.0288. The van der Waals surface area contributed by atoms with Gasteiger partial charge in [0.2, 0.25) is 15.9 Å². The molecular weight excluding hydrogens is 442 g/mol. The summed E-state index contributed by atoms with van der Waals surface area (Å²) < 4.78 is 38.4. The summed E-state index contributed by atoms with van der Waals surface area (Å²) in [5.74, 6) is 1.32. The first kappa shape index (κ1) is 22.8. The number of ether oxygens (including phenoxy) is 1. The molecule has 0 bridgehead atoms. The maximum atomic E-state index is 12.5. The van der Waals surface area contributed by atoms with Crippen LogP contribution in [-0.2, 0) is 21.9 Å². The Morgan fingerprint density at radius 2 is 2.03 bits per heavy atom. The zero-order valence-corrected chi connectivity index (χ0v) is 19.4. The third-order valence-corrected chi connectivity index (χ3v) is 7.33. The van der Waals surface area contributed by atoms with Gasteiger partial charge in [-0.05, 0) is 31.2 Å². The van der Waals surface area contributed by atoms with E-state index in [0.717, 1.165) is 15.6 Å². The smallest absolute Gasteiger partial charge is 0.246 e. The molecule has 0 radical (unpaired) electrons. The van der Waals surface area contributed by atoms with Gasteiger partial charge in [0.15, 0.2) is 11.0 Å². The number of hydrogen-bond acceptors (Lipinski definition) is 8. The Hall–Kier alpha value is -2.83. The van der Waals surface area contributed by atoms with Crippen LogP contribution in [0.15, 0.2) is 45.0 Å². The van der Waals surface area contributed by atoms with Crippen molar-refractivity contribution < 1.29 is 22.4 Å². The Balaban J connectivity index is 1.71. The van der Waals surface area contributed by atoms with Crippen LogP contribution in [0.5, 0.6) is 5.75 Å². The van der Waals surface area contributed by atoms with E-state index in [4.69, 9.17) is 9.15 Å². The van der Waals surface area contributed by atoms with Crippen molar-refractivity contribution in [2.24, 2.45) is 7.05 Å². The van der Waals surface area contributed by atoms with E-state index in [0.29, 0.717) is 16.7 Å². The van der Waals surface area contributed by atoms with E-state index < -0.39 is 10.0 Å². The zero-order valence-electron chi connectivity index (χ0n) is 17.7. The molecule has 0 atom stereocenters. The van der Waals surface area contributed by atoms with Crippen LogP contribution in [0.4, 0.5) is 5.69 Å². The highest BCUT2D eigenvalue weighted by Crippen LogP contribution is 2.29. The van der Waals surface area contributed by atoms with E-state index in [1.54, 1.807) is 16.9 Å². The first-order valence-electron chi connectivity index (χ1n) is 9.12. The van der Waals surface area contributed by atoms with E-state index in [1.807, 2.05) is 20.0 Å². The molecule has 0 saturated heterocycles. The summed E-state index contributed by atoms with van der Waals surface area (Å²) in [5.41, 5.74) is 1.18. The van der Waals surface area contributed by atoms with Crippen LogP contribution in [-0.4, -0.2) is 60.4 Å². The van der Waals surface area contributed by atoms with Crippen molar-refractivity contribution in [1.29, 1.82) is 0 Å². The number of aryl methyl sites for hydroxylation is 1. The van der Waals surface area contributed by atoms with Crippen molar-refractivity contribution in [1.82, 2.24) is 19.1 Å². The number of anilines is 1. The average Bonchev–Trinajstić information content (AvgIpc) is 3.31. The van der Waals surface area contributed by atoms with Crippen molar-refractivity contribution in [3.63, 3.8) is 0 Å². The maximum Gasteiger partial charge on any atom is 0.246 e. The molecule has 1 N–H and O–H groups in total. The van der Waals surface area contributed by atoms with Gasteiger partial charge in [0.05, 0.1) is 24.7 Å². The van der Waals surface area contributed by atoms with Crippen molar-refractivity contribution in [3.8, 4) is 17.1 Å². The Morgan fingerprint density at radius 3 is 2.65 bits per heavy atom. The summed E-state index contributed by atoms with van der Waals surface area (Å²) in [7, 11) is 2.31. The minimum Gasteiger partial charge on any atom is -0.495 e. The maximum absolute atomic E-state index is 12.5. The first-order chi connectivity index (χ1) is 14.6. The number of methoxy groups -OCH3 is 1. The topological polar surface area (TPSA) is 120 Å². The predicted octanol–water partition coefficient (Wildman–Crippen LogP) is 2.37. The zero-order chi connectivity index (χ0) is 22.8. The lowest BCUT2D eigenvalue weighted by Crippen LogP contribution is -2.23. The van der Waals surface area contributed by atoms with Crippen molar-refractivity contribution in [2.45, 2.75) is 17.0 Å². The van der Waals surface area contributed by atoms with E-state index in [2.05, 4.69) is 15.5 Å². The largest absolute Gasteiger partial charge is 0.495 e. The Labute approximate surface area is 184 Å². The molecular formula is C19H23N5O5S2. The summed E-state index contributed by atoms with van der Waals surface area (Å²) in [4.78, 5) is 12.4. The van der Waals surface area contributed by atoms with Crippen LogP contribution in [0.25, 0.3) is 11.4 Å². The second-order valence-corrected chi connectivity index (χ2v) is 9.81. The number of furan rings is 1. The Morgan fingerprint density at radius 1 is 1.29 bits per heavy atom. The van der Waals surface area contributed by atoms with Gasteiger partial charge in [0.1, 0.15) is 16.4 Å². The summed E-state index contributed by atoms with van der Waals surface area (Å²) in [5, 5.41) is 11.6. The summed E-state index contributed by atoms with van der Waals surface area (Å²) in [6.07, 6.45) is 1.58. The number of hydrogen-bond donors (Lipinski definition) is 1. The van der Waals surface area contributed by atoms with Gasteiger partial charge in [-0.25, -0.2) is 12.7 Å². The van der Waals surface area contributed by atoms with Crippen molar-refractivity contribution >= 4 is 33.4 Å². The van der Waals surface area contributed by atoms with Gasteiger partial charge in [-0.1, -0.05) is 11.8 Å². The van der Waals surface area contributed by atoms with Crippen LogP contribution in [0, 0.1) is 6.92 Å². The molecule has 0 fully saturated rings. The highest BCUT2D eigenvalue weighted by atomic mass is 32.2. The number of sulfonamides is 1. The number of benzene rings is 1. The van der Waals surface area contributed by atoms with Crippen LogP contribution in [0.1, 0.15) is 5.76 Å². The number of thioether (sulfide) groups is 1. The fourth-order valence-corrected chi connectivity index (χ4v) is 4.56. The van der Waals surface area contributed by atoms with Gasteiger partial charge in [-0.15, -0.1) is 10.2 Å². The fourth-order valence-electron chi connectivity index (χ4n) is 2.77. The van der Waals surface area contributed by atoms with Crippen molar-refractivity contribution in [2.75, 3.05) is 32.3 Å². The molecule has 3 rings (SSSR count). The average molecular weight is 466 g/mol. The summed E-state index contributed by atoms with van der Waals surface area (Å²) >= 11 is 1.22. The van der Waals surface area contributed by atoms with Crippen LogP contribution >= 0.6 is 11.8 Å². The number of amides is 1. The predicted molar refractivity (Wildman–Crippen MR) is 117 cm³/mol. The third kappa shape index (κ3) is 4.75. The van der Waals surface area contributed by atoms with Crippen LogP contribution < -0.4 is 10.1 Å². The highest BCUT2D eigenvalue weighted by Gasteiger charge is 2.23. The normalized spacial score (nSPS) is 11.7. The molecule has 10 nitrogen and oxygen atoms in total.